The van der Waals surface area contributed by atoms with Gasteiger partial charge in [-0.3, -0.25) is 0 Å². The van der Waals surface area contributed by atoms with Gasteiger partial charge in [0.15, 0.2) is 14.7 Å². The highest BCUT2D eigenvalue weighted by Crippen LogP contribution is 2.31. The lowest BCUT2D eigenvalue weighted by Gasteiger charge is -2.17. The molecule has 0 aliphatic heterocycles. The number of hydrogen-bond donors (Lipinski definition) is 0. The topological polar surface area (TPSA) is 26.3 Å². The first kappa shape index (κ1) is 20.3. The average molecular weight is 398 g/mol. The molecule has 1 unspecified atom stereocenters. The molecule has 0 amide bonds. The van der Waals surface area contributed by atoms with Crippen LogP contribution < -0.4 is 0 Å². The first-order valence-electron chi connectivity index (χ1n) is 9.16. The van der Waals surface area contributed by atoms with Gasteiger partial charge in [0, 0.05) is 0 Å². The largest absolute Gasteiger partial charge is 0.431 e. The van der Waals surface area contributed by atoms with Crippen molar-refractivity contribution >= 4 is 16.9 Å². The van der Waals surface area contributed by atoms with Crippen molar-refractivity contribution in [1.82, 2.24) is 0 Å². The molecule has 0 spiro atoms. The van der Waals surface area contributed by atoms with Gasteiger partial charge in [-0.1, -0.05) is 36.4 Å². The fourth-order valence-electron chi connectivity index (χ4n) is 2.82. The molecule has 0 bridgehead atoms. The van der Waals surface area contributed by atoms with Crippen LogP contribution in [0, 0.1) is 24.2 Å². The smallest absolute Gasteiger partial charge is 0.340 e. The van der Waals surface area contributed by atoms with E-state index in [1.54, 1.807) is 26.0 Å². The molecule has 3 aromatic carbocycles. The number of carbonyl (C=O) groups excluding carboxylic acids is 1. The maximum Gasteiger partial charge on any atom is 0.340 e. The van der Waals surface area contributed by atoms with Gasteiger partial charge in [0.05, 0.1) is 16.5 Å². The van der Waals surface area contributed by atoms with Crippen molar-refractivity contribution in [3.05, 3.63) is 90.5 Å². The SMILES string of the molecule is C#CC(C)(C#CC)OC(=O)c1ccc([S+](c2ccccc2)c2ccccc2)cc1. The molecule has 0 N–H and O–H groups in total. The van der Waals surface area contributed by atoms with Crippen molar-refractivity contribution in [3.63, 3.8) is 0 Å². The fourth-order valence-corrected chi connectivity index (χ4v) is 4.91. The Kier molecular flexibility index (Phi) is 6.45. The lowest BCUT2D eigenvalue weighted by atomic mass is 10.1. The van der Waals surface area contributed by atoms with Crippen molar-refractivity contribution in [2.75, 3.05) is 0 Å². The summed E-state index contributed by atoms with van der Waals surface area (Å²) in [5, 5.41) is 0. The van der Waals surface area contributed by atoms with Crippen LogP contribution >= 0.6 is 0 Å². The van der Waals surface area contributed by atoms with Gasteiger partial charge in [-0.05, 0) is 74.2 Å². The van der Waals surface area contributed by atoms with Crippen molar-refractivity contribution in [1.29, 1.82) is 0 Å². The zero-order valence-electron chi connectivity index (χ0n) is 16.4. The maximum atomic E-state index is 12.5. The molecular weight excluding hydrogens is 376 g/mol. The lowest BCUT2D eigenvalue weighted by Crippen LogP contribution is -2.28. The molecule has 1 atom stereocenters. The zero-order valence-corrected chi connectivity index (χ0v) is 17.2. The molecule has 29 heavy (non-hydrogen) atoms. The van der Waals surface area contributed by atoms with Crippen LogP contribution in [-0.2, 0) is 15.6 Å². The number of rotatable bonds is 5. The number of ether oxygens (including phenoxy) is 1. The quantitative estimate of drug-likeness (QED) is 0.329. The Bertz CT molecular complexity index is 1030. The zero-order chi connectivity index (χ0) is 20.7. The lowest BCUT2D eigenvalue weighted by molar-refractivity contribution is 0.0306. The highest BCUT2D eigenvalue weighted by atomic mass is 32.2. The van der Waals surface area contributed by atoms with E-state index in [0.717, 1.165) is 4.90 Å². The Morgan fingerprint density at radius 2 is 1.34 bits per heavy atom. The monoisotopic (exact) mass is 397 g/mol. The molecule has 0 aliphatic rings. The summed E-state index contributed by atoms with van der Waals surface area (Å²) in [4.78, 5) is 16.1. The molecule has 0 saturated carbocycles. The minimum atomic E-state index is -1.23. The van der Waals surface area contributed by atoms with Gasteiger partial charge in [-0.2, -0.15) is 0 Å². The number of hydrogen-bond acceptors (Lipinski definition) is 2. The van der Waals surface area contributed by atoms with E-state index >= 15 is 0 Å². The van der Waals surface area contributed by atoms with Crippen LogP contribution in [0.5, 0.6) is 0 Å². The summed E-state index contributed by atoms with van der Waals surface area (Å²) in [6.07, 6.45) is 5.48. The molecule has 3 heteroatoms. The first-order chi connectivity index (χ1) is 14.1. The van der Waals surface area contributed by atoms with Gasteiger partial charge in [0.25, 0.3) is 0 Å². The Labute approximate surface area is 175 Å². The predicted molar refractivity (Wildman–Crippen MR) is 118 cm³/mol. The van der Waals surface area contributed by atoms with Crippen LogP contribution in [0.4, 0.5) is 0 Å². The van der Waals surface area contributed by atoms with Crippen LogP contribution in [-0.4, -0.2) is 11.6 Å². The second-order valence-corrected chi connectivity index (χ2v) is 8.43. The van der Waals surface area contributed by atoms with Crippen molar-refractivity contribution in [3.8, 4) is 24.2 Å². The summed E-state index contributed by atoms with van der Waals surface area (Å²) in [5.41, 5.74) is -0.791. The molecule has 142 valence electrons. The molecular formula is C26H21O2S+. The Morgan fingerprint density at radius 3 is 1.79 bits per heavy atom. The highest BCUT2D eigenvalue weighted by Gasteiger charge is 2.29. The molecule has 0 aromatic heterocycles. The Morgan fingerprint density at radius 1 is 0.862 bits per heavy atom. The van der Waals surface area contributed by atoms with E-state index in [1.807, 2.05) is 48.5 Å². The average Bonchev–Trinajstić information content (AvgIpc) is 2.76. The standard InChI is InChI=1S/C26H21O2S/c1-4-20-26(3,5-2)28-25(27)21-16-18-24(19-17-21)29(22-12-8-6-9-13-22)23-14-10-7-11-15-23/h2,6-19H,1,3H3/q+1. The van der Waals surface area contributed by atoms with Crippen molar-refractivity contribution in [2.45, 2.75) is 34.1 Å². The summed E-state index contributed by atoms with van der Waals surface area (Å²) < 4.78 is 5.44. The van der Waals surface area contributed by atoms with Crippen LogP contribution in [0.15, 0.2) is 99.6 Å². The van der Waals surface area contributed by atoms with E-state index in [2.05, 4.69) is 42.0 Å². The fraction of sp³-hybridized carbons (Fsp3) is 0.115. The third-order valence-electron chi connectivity index (χ3n) is 4.22. The van der Waals surface area contributed by atoms with Gasteiger partial charge in [-0.25, -0.2) is 4.79 Å². The molecule has 0 radical (unpaired) electrons. The number of terminal acetylenes is 1. The van der Waals surface area contributed by atoms with Gasteiger partial charge in [-0.15, -0.1) is 12.3 Å². The van der Waals surface area contributed by atoms with Crippen LogP contribution in [0.2, 0.25) is 0 Å². The number of carbonyl (C=O) groups is 1. The number of benzene rings is 3. The predicted octanol–water partition coefficient (Wildman–Crippen LogP) is 5.35. The first-order valence-corrected chi connectivity index (χ1v) is 10.4. The van der Waals surface area contributed by atoms with E-state index < -0.39 is 11.6 Å². The van der Waals surface area contributed by atoms with Gasteiger partial charge < -0.3 is 4.74 Å². The minimum Gasteiger partial charge on any atom is -0.431 e. The summed E-state index contributed by atoms with van der Waals surface area (Å²) in [5.74, 6) is 7.41. The van der Waals surface area contributed by atoms with Gasteiger partial charge >= 0.3 is 5.97 Å². The number of esters is 1. The summed E-state index contributed by atoms with van der Waals surface area (Å²) >= 11 is 0. The van der Waals surface area contributed by atoms with Crippen LogP contribution in [0.3, 0.4) is 0 Å². The Balaban J connectivity index is 1.91. The minimum absolute atomic E-state index is 0.267. The highest BCUT2D eigenvalue weighted by molar-refractivity contribution is 7.97. The molecule has 0 saturated heterocycles. The third-order valence-corrected chi connectivity index (χ3v) is 6.45. The molecule has 0 heterocycles. The van der Waals surface area contributed by atoms with E-state index in [1.165, 1.54) is 9.79 Å². The van der Waals surface area contributed by atoms with E-state index in [9.17, 15) is 4.79 Å². The molecule has 3 rings (SSSR count). The third kappa shape index (κ3) is 4.91. The van der Waals surface area contributed by atoms with Crippen LogP contribution in [0.1, 0.15) is 24.2 Å². The molecule has 0 fully saturated rings. The summed E-state index contributed by atoms with van der Waals surface area (Å²) in [6, 6.07) is 28.2. The van der Waals surface area contributed by atoms with Crippen LogP contribution in [0.25, 0.3) is 0 Å². The van der Waals surface area contributed by atoms with E-state index in [-0.39, 0.29) is 10.9 Å². The Hall–Kier alpha value is -3.40. The van der Waals surface area contributed by atoms with Gasteiger partial charge in [0.2, 0.25) is 5.60 Å². The van der Waals surface area contributed by atoms with E-state index in [4.69, 9.17) is 11.2 Å². The van der Waals surface area contributed by atoms with E-state index in [0.29, 0.717) is 5.56 Å². The maximum absolute atomic E-state index is 12.5. The van der Waals surface area contributed by atoms with Crippen molar-refractivity contribution in [2.24, 2.45) is 0 Å². The molecule has 2 nitrogen and oxygen atoms in total. The second-order valence-electron chi connectivity index (χ2n) is 6.40. The summed E-state index contributed by atoms with van der Waals surface area (Å²) in [7, 11) is -0.267. The summed E-state index contributed by atoms with van der Waals surface area (Å²) in [6.45, 7) is 3.27. The second kappa shape index (κ2) is 9.20. The normalized spacial score (nSPS) is 12.2. The van der Waals surface area contributed by atoms with Gasteiger partial charge in [0.1, 0.15) is 0 Å². The molecule has 0 aliphatic carbocycles. The molecule has 3 aromatic rings. The van der Waals surface area contributed by atoms with Crippen molar-refractivity contribution < 1.29 is 9.53 Å².